The van der Waals surface area contributed by atoms with Crippen molar-refractivity contribution in [2.24, 2.45) is 5.92 Å². The number of fused-ring (bicyclic) bond motifs is 2. The van der Waals surface area contributed by atoms with E-state index in [4.69, 9.17) is 4.98 Å². The number of aryl methyl sites for hydroxylation is 1. The van der Waals surface area contributed by atoms with E-state index in [9.17, 15) is 4.79 Å². The van der Waals surface area contributed by atoms with Crippen molar-refractivity contribution in [1.29, 1.82) is 0 Å². The van der Waals surface area contributed by atoms with Gasteiger partial charge in [-0.05, 0) is 43.3 Å². The third-order valence-corrected chi connectivity index (χ3v) is 6.12. The fourth-order valence-corrected chi connectivity index (χ4v) is 4.23. The molecule has 0 saturated heterocycles. The van der Waals surface area contributed by atoms with E-state index in [1.807, 2.05) is 68.2 Å². The van der Waals surface area contributed by atoms with Crippen molar-refractivity contribution < 1.29 is 4.79 Å². The Morgan fingerprint density at radius 3 is 2.78 bits per heavy atom. The first-order valence-electron chi connectivity index (χ1n) is 11.7. The highest BCUT2D eigenvalue weighted by atomic mass is 16.1. The molecular weight excluding hydrogens is 452 g/mol. The minimum atomic E-state index is -0.119. The lowest BCUT2D eigenvalue weighted by atomic mass is 10.1. The topological polar surface area (TPSA) is 117 Å². The lowest BCUT2D eigenvalue weighted by Gasteiger charge is -2.08. The van der Waals surface area contributed by atoms with Gasteiger partial charge in [0, 0.05) is 34.8 Å². The van der Waals surface area contributed by atoms with Gasteiger partial charge in [0.2, 0.25) is 5.91 Å². The molecule has 178 valence electrons. The maximum absolute atomic E-state index is 12.1. The van der Waals surface area contributed by atoms with Crippen molar-refractivity contribution in [2.75, 3.05) is 5.32 Å². The number of amides is 1. The summed E-state index contributed by atoms with van der Waals surface area (Å²) in [5.74, 6) is -0.176. The molecular formula is C27H24N8O. The Labute approximate surface area is 206 Å². The van der Waals surface area contributed by atoms with Crippen LogP contribution in [0.4, 0.5) is 5.69 Å². The molecule has 0 atom stereocenters. The second kappa shape index (κ2) is 8.46. The van der Waals surface area contributed by atoms with Crippen molar-refractivity contribution in [3.8, 4) is 28.3 Å². The molecule has 0 saturated carbocycles. The lowest BCUT2D eigenvalue weighted by molar-refractivity contribution is -0.118. The first-order chi connectivity index (χ1) is 17.5. The van der Waals surface area contributed by atoms with Crippen LogP contribution in [-0.4, -0.2) is 40.6 Å². The Balaban J connectivity index is 1.41. The first kappa shape index (κ1) is 21.7. The van der Waals surface area contributed by atoms with Crippen LogP contribution in [0.3, 0.4) is 0 Å². The van der Waals surface area contributed by atoms with Gasteiger partial charge < -0.3 is 14.9 Å². The van der Waals surface area contributed by atoms with E-state index in [-0.39, 0.29) is 11.8 Å². The molecule has 0 aliphatic rings. The standard InChI is InChI=1S/C27H24N8O/c1-15(2)27(36)30-18-9-17(11-28-12-18)20-7-8-22-25(32-20)26(34-33-22)23-10-19-21(31-23)5-4-6-24(19)35-13-16(3)29-14-35/h4-15,31H,1-3H3,(H,30,36)(H,33,34). The summed E-state index contributed by atoms with van der Waals surface area (Å²) in [6.45, 7) is 5.68. The quantitative estimate of drug-likeness (QED) is 0.314. The zero-order chi connectivity index (χ0) is 24.8. The number of nitrogens with zero attached hydrogens (tertiary/aromatic N) is 5. The summed E-state index contributed by atoms with van der Waals surface area (Å²) in [6.07, 6.45) is 7.20. The Bertz CT molecular complexity index is 1740. The minimum absolute atomic E-state index is 0.0569. The molecule has 6 aromatic rings. The molecule has 0 radical (unpaired) electrons. The number of hydrogen-bond donors (Lipinski definition) is 3. The Morgan fingerprint density at radius 2 is 1.97 bits per heavy atom. The van der Waals surface area contributed by atoms with Gasteiger partial charge in [0.1, 0.15) is 11.2 Å². The fraction of sp³-hybridized carbons (Fsp3) is 0.148. The average Bonchev–Trinajstić information content (AvgIpc) is 3.61. The van der Waals surface area contributed by atoms with E-state index in [1.165, 1.54) is 0 Å². The highest BCUT2D eigenvalue weighted by molar-refractivity contribution is 5.97. The van der Waals surface area contributed by atoms with Gasteiger partial charge in [0.05, 0.1) is 46.5 Å². The number of pyridine rings is 2. The number of carbonyl (C=O) groups is 1. The van der Waals surface area contributed by atoms with Crippen LogP contribution in [0.5, 0.6) is 0 Å². The van der Waals surface area contributed by atoms with Crippen molar-refractivity contribution in [3.05, 3.63) is 73.1 Å². The van der Waals surface area contributed by atoms with Gasteiger partial charge in [-0.3, -0.25) is 14.9 Å². The summed E-state index contributed by atoms with van der Waals surface area (Å²) in [5, 5.41) is 11.6. The number of aromatic amines is 2. The third kappa shape index (κ3) is 3.80. The first-order valence-corrected chi connectivity index (χ1v) is 11.7. The van der Waals surface area contributed by atoms with E-state index in [0.29, 0.717) is 5.69 Å². The normalized spacial score (nSPS) is 11.6. The third-order valence-electron chi connectivity index (χ3n) is 6.12. The molecule has 3 N–H and O–H groups in total. The molecule has 5 aromatic heterocycles. The van der Waals surface area contributed by atoms with Gasteiger partial charge in [-0.15, -0.1) is 0 Å². The summed E-state index contributed by atoms with van der Waals surface area (Å²) in [7, 11) is 0. The van der Waals surface area contributed by atoms with Crippen LogP contribution in [0.15, 0.2) is 67.4 Å². The van der Waals surface area contributed by atoms with Crippen molar-refractivity contribution in [3.63, 3.8) is 0 Å². The van der Waals surface area contributed by atoms with Gasteiger partial charge in [-0.2, -0.15) is 5.10 Å². The van der Waals surface area contributed by atoms with E-state index in [1.54, 1.807) is 12.4 Å². The van der Waals surface area contributed by atoms with Crippen LogP contribution in [-0.2, 0) is 4.79 Å². The highest BCUT2D eigenvalue weighted by Gasteiger charge is 2.16. The Hall–Kier alpha value is -4.79. The summed E-state index contributed by atoms with van der Waals surface area (Å²) < 4.78 is 2.02. The smallest absolute Gasteiger partial charge is 0.226 e. The summed E-state index contributed by atoms with van der Waals surface area (Å²) in [6, 6.07) is 14.0. The van der Waals surface area contributed by atoms with Gasteiger partial charge >= 0.3 is 0 Å². The number of imidazole rings is 1. The highest BCUT2D eigenvalue weighted by Crippen LogP contribution is 2.32. The number of hydrogen-bond acceptors (Lipinski definition) is 5. The van der Waals surface area contributed by atoms with Gasteiger partial charge in [-0.25, -0.2) is 9.97 Å². The molecule has 5 heterocycles. The predicted octanol–water partition coefficient (Wildman–Crippen LogP) is 5.26. The minimum Gasteiger partial charge on any atom is -0.353 e. The fourth-order valence-electron chi connectivity index (χ4n) is 4.23. The number of rotatable bonds is 5. The molecule has 6 rings (SSSR count). The number of carbonyl (C=O) groups excluding carboxylic acids is 1. The lowest BCUT2D eigenvalue weighted by Crippen LogP contribution is -2.17. The second-order valence-corrected chi connectivity index (χ2v) is 9.11. The van der Waals surface area contributed by atoms with Crippen LogP contribution in [0.1, 0.15) is 19.5 Å². The number of nitrogens with one attached hydrogen (secondary N) is 3. The maximum Gasteiger partial charge on any atom is 0.226 e. The molecule has 0 bridgehead atoms. The van der Waals surface area contributed by atoms with Crippen molar-refractivity contribution in [1.82, 2.24) is 34.7 Å². The molecule has 0 aliphatic heterocycles. The monoisotopic (exact) mass is 476 g/mol. The molecule has 36 heavy (non-hydrogen) atoms. The molecule has 9 heteroatoms. The Morgan fingerprint density at radius 1 is 1.08 bits per heavy atom. The summed E-state index contributed by atoms with van der Waals surface area (Å²) in [4.78, 5) is 29.2. The number of H-pyrrole nitrogens is 2. The summed E-state index contributed by atoms with van der Waals surface area (Å²) in [5.41, 5.74) is 8.34. The zero-order valence-corrected chi connectivity index (χ0v) is 20.1. The second-order valence-electron chi connectivity index (χ2n) is 9.11. The van der Waals surface area contributed by atoms with E-state index >= 15 is 0 Å². The number of benzene rings is 1. The van der Waals surface area contributed by atoms with Crippen LogP contribution >= 0.6 is 0 Å². The van der Waals surface area contributed by atoms with Crippen LogP contribution < -0.4 is 5.32 Å². The summed E-state index contributed by atoms with van der Waals surface area (Å²) >= 11 is 0. The van der Waals surface area contributed by atoms with Crippen molar-refractivity contribution >= 4 is 33.5 Å². The van der Waals surface area contributed by atoms with Crippen LogP contribution in [0.25, 0.3) is 50.3 Å². The molecule has 9 nitrogen and oxygen atoms in total. The van der Waals surface area contributed by atoms with E-state index in [2.05, 4.69) is 42.6 Å². The molecule has 1 aromatic carbocycles. The van der Waals surface area contributed by atoms with E-state index in [0.717, 1.165) is 56.0 Å². The number of anilines is 1. The van der Waals surface area contributed by atoms with E-state index < -0.39 is 0 Å². The molecule has 1 amide bonds. The zero-order valence-electron chi connectivity index (χ0n) is 20.1. The molecule has 0 spiro atoms. The van der Waals surface area contributed by atoms with Gasteiger partial charge in [0.15, 0.2) is 0 Å². The van der Waals surface area contributed by atoms with Crippen LogP contribution in [0.2, 0.25) is 0 Å². The van der Waals surface area contributed by atoms with Gasteiger partial charge in [0.25, 0.3) is 0 Å². The van der Waals surface area contributed by atoms with Crippen LogP contribution in [0, 0.1) is 12.8 Å². The number of aromatic nitrogens is 7. The largest absolute Gasteiger partial charge is 0.353 e. The predicted molar refractivity (Wildman–Crippen MR) is 140 cm³/mol. The SMILES string of the molecule is Cc1cn(-c2cccc3[nH]c(-c4n[nH]c5ccc(-c6cncc(NC(=O)C(C)C)c6)nc45)cc23)cn1. The maximum atomic E-state index is 12.1. The van der Waals surface area contributed by atoms with Gasteiger partial charge in [-0.1, -0.05) is 19.9 Å². The molecule has 0 fully saturated rings. The Kier molecular flexibility index (Phi) is 5.10. The molecule has 0 aliphatic carbocycles. The molecule has 0 unspecified atom stereocenters. The average molecular weight is 477 g/mol. The van der Waals surface area contributed by atoms with Crippen molar-refractivity contribution in [2.45, 2.75) is 20.8 Å².